The molecule has 0 bridgehead atoms. The summed E-state index contributed by atoms with van der Waals surface area (Å²) in [6.07, 6.45) is 2.69. The first-order valence-electron chi connectivity index (χ1n) is 6.04. The summed E-state index contributed by atoms with van der Waals surface area (Å²) in [4.78, 5) is 11.6. The number of aromatic nitrogens is 1. The molecule has 1 aromatic rings. The average molecular weight is 251 g/mol. The number of carbonyl (C=O) groups is 1. The third-order valence-electron chi connectivity index (χ3n) is 2.91. The summed E-state index contributed by atoms with van der Waals surface area (Å²) >= 11 is 0. The fourth-order valence-corrected chi connectivity index (χ4v) is 1.89. The second-order valence-electron chi connectivity index (χ2n) is 4.33. The van der Waals surface area contributed by atoms with Crippen molar-refractivity contribution >= 4 is 5.97 Å². The Balaban J connectivity index is 2.18. The summed E-state index contributed by atoms with van der Waals surface area (Å²) in [6, 6.07) is 0. The first kappa shape index (κ1) is 12.8. The molecular weight excluding hydrogens is 234 g/mol. The van der Waals surface area contributed by atoms with Crippen molar-refractivity contribution in [3.63, 3.8) is 0 Å². The number of hydrogen-bond acceptors (Lipinski definition) is 5. The van der Waals surface area contributed by atoms with E-state index in [9.17, 15) is 4.79 Å². The van der Waals surface area contributed by atoms with E-state index >= 15 is 0 Å². The Morgan fingerprint density at radius 1 is 1.56 bits per heavy atom. The highest BCUT2D eigenvalue weighted by atomic mass is 16.5. The molecule has 0 spiro atoms. The zero-order valence-corrected chi connectivity index (χ0v) is 10.9. The molecule has 1 unspecified atom stereocenters. The van der Waals surface area contributed by atoms with E-state index in [0.29, 0.717) is 24.5 Å². The van der Waals surface area contributed by atoms with Crippen LogP contribution in [-0.2, 0) is 9.47 Å². The van der Waals surface area contributed by atoms with Gasteiger partial charge in [0.1, 0.15) is 6.10 Å². The number of nitrogens with zero attached hydrogens (tertiary/aromatic N) is 1. The predicted octanol–water partition coefficient (Wildman–Crippen LogP) is 2.57. The van der Waals surface area contributed by atoms with Crippen LogP contribution < -0.4 is 0 Å². The quantitative estimate of drug-likeness (QED) is 0.610. The van der Waals surface area contributed by atoms with Crippen LogP contribution in [0.4, 0.5) is 0 Å². The summed E-state index contributed by atoms with van der Waals surface area (Å²) < 4.78 is 15.8. The van der Waals surface area contributed by atoms with Gasteiger partial charge in [-0.2, -0.15) is 0 Å². The van der Waals surface area contributed by atoms with Gasteiger partial charge in [0.2, 0.25) is 0 Å². The molecule has 2 rings (SSSR count). The van der Waals surface area contributed by atoms with Crippen LogP contribution in [0, 0.1) is 6.92 Å². The topological polar surface area (TPSA) is 61.6 Å². The minimum Gasteiger partial charge on any atom is -0.461 e. The normalized spacial score (nSPS) is 19.5. The van der Waals surface area contributed by atoms with Crippen LogP contribution in [0.2, 0.25) is 0 Å². The summed E-state index contributed by atoms with van der Waals surface area (Å²) in [5, 5.41) is 3.78. The lowest BCUT2D eigenvalue weighted by Crippen LogP contribution is -2.12. The highest BCUT2D eigenvalue weighted by Gasteiger charge is 2.26. The fourth-order valence-electron chi connectivity index (χ4n) is 1.89. The van der Waals surface area contributed by atoms with Gasteiger partial charge in [0.15, 0.2) is 11.5 Å². The van der Waals surface area contributed by atoms with Gasteiger partial charge >= 0.3 is 5.97 Å². The van der Waals surface area contributed by atoms with Crippen LogP contribution in [0.1, 0.15) is 48.2 Å². The summed E-state index contributed by atoms with van der Waals surface area (Å²) in [5.41, 5.74) is 2.14. The van der Waals surface area contributed by atoms with Crippen molar-refractivity contribution in [3.05, 3.63) is 28.7 Å². The Labute approximate surface area is 106 Å². The first-order chi connectivity index (χ1) is 8.63. The summed E-state index contributed by atoms with van der Waals surface area (Å²) in [6.45, 7) is 6.48. The highest BCUT2D eigenvalue weighted by molar-refractivity contribution is 5.88. The lowest BCUT2D eigenvalue weighted by molar-refractivity contribution is 0.0406. The lowest BCUT2D eigenvalue weighted by atomic mass is 10.0. The molecule has 5 nitrogen and oxygen atoms in total. The number of carbonyl (C=O) groups excluding carboxylic acids is 1. The van der Waals surface area contributed by atoms with Crippen LogP contribution in [0.3, 0.4) is 0 Å². The maximum atomic E-state index is 11.6. The molecule has 0 aromatic carbocycles. The van der Waals surface area contributed by atoms with Crippen molar-refractivity contribution < 1.29 is 18.8 Å². The molecule has 0 N–H and O–H groups in total. The molecule has 5 heteroatoms. The van der Waals surface area contributed by atoms with E-state index < -0.39 is 5.97 Å². The predicted molar refractivity (Wildman–Crippen MR) is 64.3 cm³/mol. The maximum absolute atomic E-state index is 11.6. The van der Waals surface area contributed by atoms with Gasteiger partial charge < -0.3 is 14.0 Å². The van der Waals surface area contributed by atoms with Gasteiger partial charge in [0.05, 0.1) is 13.2 Å². The third-order valence-corrected chi connectivity index (χ3v) is 2.91. The Kier molecular flexibility index (Phi) is 3.81. The van der Waals surface area contributed by atoms with E-state index in [2.05, 4.69) is 11.2 Å². The molecule has 18 heavy (non-hydrogen) atoms. The minimum atomic E-state index is -0.451. The van der Waals surface area contributed by atoms with E-state index in [4.69, 9.17) is 14.0 Å². The molecule has 0 saturated carbocycles. The summed E-state index contributed by atoms with van der Waals surface area (Å²) in [7, 11) is 0. The van der Waals surface area contributed by atoms with Gasteiger partial charge in [-0.05, 0) is 27.2 Å². The molecule has 1 aliphatic rings. The number of ether oxygens (including phenoxy) is 2. The third kappa shape index (κ3) is 2.46. The van der Waals surface area contributed by atoms with Gasteiger partial charge in [-0.25, -0.2) is 4.79 Å². The van der Waals surface area contributed by atoms with E-state index in [-0.39, 0.29) is 11.8 Å². The zero-order chi connectivity index (χ0) is 13.1. The molecular formula is C13H17NO4. The Hall–Kier alpha value is -1.62. The molecule has 1 aliphatic heterocycles. The van der Waals surface area contributed by atoms with Crippen molar-refractivity contribution in [1.82, 2.24) is 5.16 Å². The van der Waals surface area contributed by atoms with E-state index in [0.717, 1.165) is 6.42 Å². The van der Waals surface area contributed by atoms with Crippen LogP contribution >= 0.6 is 0 Å². The lowest BCUT2D eigenvalue weighted by Gasteiger charge is -2.19. The average Bonchev–Trinajstić information content (AvgIpc) is 2.73. The van der Waals surface area contributed by atoms with Crippen LogP contribution in [0.5, 0.6) is 0 Å². The minimum absolute atomic E-state index is 0.163. The number of rotatable bonds is 3. The molecule has 0 saturated heterocycles. The first-order valence-corrected chi connectivity index (χ1v) is 6.04. The van der Waals surface area contributed by atoms with Crippen molar-refractivity contribution in [2.45, 2.75) is 33.3 Å². The monoisotopic (exact) mass is 251 g/mol. The van der Waals surface area contributed by atoms with Crippen LogP contribution in [0.25, 0.3) is 0 Å². The van der Waals surface area contributed by atoms with Crippen molar-refractivity contribution in [2.75, 3.05) is 13.2 Å². The molecule has 0 fully saturated rings. The van der Waals surface area contributed by atoms with Gasteiger partial charge in [0.25, 0.3) is 0 Å². The Morgan fingerprint density at radius 3 is 2.94 bits per heavy atom. The largest absolute Gasteiger partial charge is 0.461 e. The SMILES string of the molecule is CCOC(=O)c1noc(C2CC=C(C)CO2)c1C. The second kappa shape index (κ2) is 5.35. The smallest absolute Gasteiger partial charge is 0.360 e. The molecule has 1 aromatic heterocycles. The van der Waals surface area contributed by atoms with E-state index in [1.54, 1.807) is 13.8 Å². The number of hydrogen-bond donors (Lipinski definition) is 0. The standard InChI is InChI=1S/C13H17NO4/c1-4-16-13(15)11-9(3)12(18-14-11)10-6-5-8(2)7-17-10/h5,10H,4,6-7H2,1-3H3. The number of esters is 1. The fraction of sp³-hybridized carbons (Fsp3) is 0.538. The maximum Gasteiger partial charge on any atom is 0.360 e. The molecule has 0 amide bonds. The molecule has 0 radical (unpaired) electrons. The molecule has 98 valence electrons. The summed E-state index contributed by atoms with van der Waals surface area (Å²) in [5.74, 6) is 0.161. The zero-order valence-electron chi connectivity index (χ0n) is 10.9. The van der Waals surface area contributed by atoms with Crippen LogP contribution in [-0.4, -0.2) is 24.3 Å². The second-order valence-corrected chi connectivity index (χ2v) is 4.33. The molecule has 0 aliphatic carbocycles. The van der Waals surface area contributed by atoms with E-state index in [1.165, 1.54) is 5.57 Å². The highest BCUT2D eigenvalue weighted by Crippen LogP contribution is 2.30. The van der Waals surface area contributed by atoms with Gasteiger partial charge in [-0.1, -0.05) is 16.8 Å². The molecule has 1 atom stereocenters. The van der Waals surface area contributed by atoms with Crippen LogP contribution in [0.15, 0.2) is 16.2 Å². The van der Waals surface area contributed by atoms with Crippen molar-refractivity contribution in [1.29, 1.82) is 0 Å². The van der Waals surface area contributed by atoms with Gasteiger partial charge in [-0.3, -0.25) is 0 Å². The molecule has 2 heterocycles. The van der Waals surface area contributed by atoms with Crippen molar-refractivity contribution in [3.8, 4) is 0 Å². The van der Waals surface area contributed by atoms with E-state index in [1.807, 2.05) is 6.92 Å². The van der Waals surface area contributed by atoms with Gasteiger partial charge in [-0.15, -0.1) is 0 Å². The Morgan fingerprint density at radius 2 is 2.33 bits per heavy atom. The Bertz CT molecular complexity index is 475. The van der Waals surface area contributed by atoms with Gasteiger partial charge in [0, 0.05) is 5.56 Å². The van der Waals surface area contributed by atoms with Crippen molar-refractivity contribution in [2.24, 2.45) is 0 Å².